The molecule has 0 aromatic carbocycles. The molecule has 0 aliphatic rings. The number of pyridine rings is 1. The summed E-state index contributed by atoms with van der Waals surface area (Å²) in [5.41, 5.74) is 0.390. The zero-order chi connectivity index (χ0) is 9.84. The maximum absolute atomic E-state index is 9.42. The minimum atomic E-state index is -0.671. The van der Waals surface area contributed by atoms with Gasteiger partial charge in [-0.3, -0.25) is 4.98 Å². The van der Waals surface area contributed by atoms with Gasteiger partial charge in [0.15, 0.2) is 6.29 Å². The second-order valence-electron chi connectivity index (χ2n) is 2.36. The van der Waals surface area contributed by atoms with Crippen molar-refractivity contribution in [2.45, 2.75) is 6.29 Å². The van der Waals surface area contributed by atoms with E-state index in [4.69, 9.17) is 21.1 Å². The molecule has 0 bridgehead atoms. The summed E-state index contributed by atoms with van der Waals surface area (Å²) in [6.07, 6.45) is 2.03. The molecule has 0 amide bonds. The van der Waals surface area contributed by atoms with Crippen molar-refractivity contribution in [3.63, 3.8) is 0 Å². The summed E-state index contributed by atoms with van der Waals surface area (Å²) in [5.74, 6) is -0.0406. The Balaban J connectivity index is 3.10. The maximum Gasteiger partial charge on any atom is 0.188 e. The Labute approximate surface area is 81.1 Å². The molecule has 1 rings (SSSR count). The van der Waals surface area contributed by atoms with E-state index in [2.05, 4.69) is 4.98 Å². The smallest absolute Gasteiger partial charge is 0.188 e. The van der Waals surface area contributed by atoms with Crippen LogP contribution in [0.15, 0.2) is 12.4 Å². The molecule has 4 nitrogen and oxygen atoms in total. The zero-order valence-electron chi connectivity index (χ0n) is 7.32. The van der Waals surface area contributed by atoms with Crippen LogP contribution in [0.1, 0.15) is 11.9 Å². The van der Waals surface area contributed by atoms with E-state index < -0.39 is 6.29 Å². The summed E-state index contributed by atoms with van der Waals surface area (Å²) in [4.78, 5) is 3.70. The van der Waals surface area contributed by atoms with E-state index >= 15 is 0 Å². The minimum Gasteiger partial charge on any atom is -0.506 e. The van der Waals surface area contributed by atoms with E-state index in [9.17, 15) is 5.11 Å². The van der Waals surface area contributed by atoms with Gasteiger partial charge in [0.2, 0.25) is 0 Å². The topological polar surface area (TPSA) is 51.6 Å². The van der Waals surface area contributed by atoms with E-state index in [-0.39, 0.29) is 5.75 Å². The molecule has 5 heteroatoms. The lowest BCUT2D eigenvalue weighted by atomic mass is 10.2. The number of hydrogen-bond donors (Lipinski definition) is 1. The third kappa shape index (κ3) is 2.09. The predicted octanol–water partition coefficient (Wildman–Crippen LogP) is 1.73. The molecule has 0 saturated heterocycles. The monoisotopic (exact) mass is 203 g/mol. The fourth-order valence-corrected chi connectivity index (χ4v) is 1.24. The van der Waals surface area contributed by atoms with Crippen molar-refractivity contribution >= 4 is 11.6 Å². The summed E-state index contributed by atoms with van der Waals surface area (Å²) in [6.45, 7) is 0. The molecular formula is C8H10ClNO3. The van der Waals surface area contributed by atoms with Crippen LogP contribution in [0.3, 0.4) is 0 Å². The molecule has 1 heterocycles. The van der Waals surface area contributed by atoms with Gasteiger partial charge in [-0.25, -0.2) is 0 Å². The number of methoxy groups -OCH3 is 2. The van der Waals surface area contributed by atoms with E-state index in [1.807, 2.05) is 0 Å². The van der Waals surface area contributed by atoms with Crippen LogP contribution < -0.4 is 0 Å². The van der Waals surface area contributed by atoms with Gasteiger partial charge in [0.1, 0.15) is 5.75 Å². The third-order valence-electron chi connectivity index (χ3n) is 1.58. The van der Waals surface area contributed by atoms with E-state index in [0.29, 0.717) is 10.6 Å². The SMILES string of the molecule is COC(OC)c1c(O)cncc1Cl. The van der Waals surface area contributed by atoms with Gasteiger partial charge >= 0.3 is 0 Å². The summed E-state index contributed by atoms with van der Waals surface area (Å²) < 4.78 is 9.91. The van der Waals surface area contributed by atoms with Crippen molar-refractivity contribution in [2.24, 2.45) is 0 Å². The molecule has 13 heavy (non-hydrogen) atoms. The highest BCUT2D eigenvalue weighted by molar-refractivity contribution is 6.31. The highest BCUT2D eigenvalue weighted by atomic mass is 35.5. The van der Waals surface area contributed by atoms with Crippen LogP contribution in [-0.4, -0.2) is 24.3 Å². The van der Waals surface area contributed by atoms with Crippen molar-refractivity contribution in [1.29, 1.82) is 0 Å². The average molecular weight is 204 g/mol. The quantitative estimate of drug-likeness (QED) is 0.761. The van der Waals surface area contributed by atoms with Gasteiger partial charge in [-0.2, -0.15) is 0 Å². The Morgan fingerprint density at radius 3 is 2.46 bits per heavy atom. The van der Waals surface area contributed by atoms with E-state index in [0.717, 1.165) is 0 Å². The Hall–Kier alpha value is -0.840. The second kappa shape index (κ2) is 4.41. The van der Waals surface area contributed by atoms with Crippen molar-refractivity contribution < 1.29 is 14.6 Å². The number of nitrogens with zero attached hydrogens (tertiary/aromatic N) is 1. The summed E-state index contributed by atoms with van der Waals surface area (Å²) >= 11 is 5.80. The van der Waals surface area contributed by atoms with Crippen molar-refractivity contribution in [3.05, 3.63) is 23.0 Å². The minimum absolute atomic E-state index is 0.0406. The van der Waals surface area contributed by atoms with Crippen LogP contribution in [0.5, 0.6) is 5.75 Å². The van der Waals surface area contributed by atoms with Crippen LogP contribution >= 0.6 is 11.6 Å². The predicted molar refractivity (Wildman–Crippen MR) is 47.7 cm³/mol. The fourth-order valence-electron chi connectivity index (χ4n) is 1.000. The van der Waals surface area contributed by atoms with Gasteiger partial charge in [-0.1, -0.05) is 11.6 Å². The summed E-state index contributed by atoms with van der Waals surface area (Å²) in [7, 11) is 2.93. The Morgan fingerprint density at radius 1 is 1.38 bits per heavy atom. The second-order valence-corrected chi connectivity index (χ2v) is 2.76. The summed E-state index contributed by atoms with van der Waals surface area (Å²) in [6, 6.07) is 0. The van der Waals surface area contributed by atoms with Crippen LogP contribution in [0.2, 0.25) is 5.02 Å². The number of ether oxygens (including phenoxy) is 2. The van der Waals surface area contributed by atoms with E-state index in [1.54, 1.807) is 0 Å². The van der Waals surface area contributed by atoms with Crippen molar-refractivity contribution in [2.75, 3.05) is 14.2 Å². The van der Waals surface area contributed by atoms with Gasteiger partial charge in [0.05, 0.1) is 16.8 Å². The van der Waals surface area contributed by atoms with Gasteiger partial charge < -0.3 is 14.6 Å². The molecule has 72 valence electrons. The van der Waals surface area contributed by atoms with Gasteiger partial charge in [0, 0.05) is 20.4 Å². The first kappa shape index (κ1) is 10.2. The van der Waals surface area contributed by atoms with Gasteiger partial charge in [-0.15, -0.1) is 0 Å². The molecular weight excluding hydrogens is 194 g/mol. The largest absolute Gasteiger partial charge is 0.506 e. The molecule has 0 saturated carbocycles. The molecule has 0 aliphatic heterocycles. The number of halogens is 1. The van der Waals surface area contributed by atoms with Crippen LogP contribution in [0.4, 0.5) is 0 Å². The maximum atomic E-state index is 9.42. The molecule has 0 atom stereocenters. The van der Waals surface area contributed by atoms with Crippen molar-refractivity contribution in [1.82, 2.24) is 4.98 Å². The lowest BCUT2D eigenvalue weighted by molar-refractivity contribution is -0.106. The summed E-state index contributed by atoms with van der Waals surface area (Å²) in [5, 5.41) is 9.73. The first-order valence-electron chi connectivity index (χ1n) is 3.58. The first-order valence-corrected chi connectivity index (χ1v) is 3.96. The normalized spacial score (nSPS) is 10.8. The molecule has 1 aromatic rings. The molecule has 0 radical (unpaired) electrons. The number of aromatic nitrogens is 1. The fraction of sp³-hybridized carbons (Fsp3) is 0.375. The molecule has 0 fully saturated rings. The number of aromatic hydroxyl groups is 1. The highest BCUT2D eigenvalue weighted by Gasteiger charge is 2.17. The molecule has 0 unspecified atom stereocenters. The van der Waals surface area contributed by atoms with Gasteiger partial charge in [0.25, 0.3) is 0 Å². The standard InChI is InChI=1S/C8H10ClNO3/c1-12-8(13-2)7-5(9)3-10-4-6(7)11/h3-4,8,11H,1-2H3. The van der Waals surface area contributed by atoms with Gasteiger partial charge in [-0.05, 0) is 0 Å². The molecule has 1 aromatic heterocycles. The molecule has 1 N–H and O–H groups in total. The number of rotatable bonds is 3. The average Bonchev–Trinajstić information content (AvgIpc) is 2.11. The zero-order valence-corrected chi connectivity index (χ0v) is 8.08. The third-order valence-corrected chi connectivity index (χ3v) is 1.88. The van der Waals surface area contributed by atoms with Crippen molar-refractivity contribution in [3.8, 4) is 5.75 Å². The number of hydrogen-bond acceptors (Lipinski definition) is 4. The Morgan fingerprint density at radius 2 is 2.00 bits per heavy atom. The highest BCUT2D eigenvalue weighted by Crippen LogP contribution is 2.32. The van der Waals surface area contributed by atoms with E-state index in [1.165, 1.54) is 26.6 Å². The van der Waals surface area contributed by atoms with Crippen LogP contribution in [0, 0.1) is 0 Å². The Bertz CT molecular complexity index is 268. The molecule has 0 spiro atoms. The van der Waals surface area contributed by atoms with Crippen LogP contribution in [-0.2, 0) is 9.47 Å². The van der Waals surface area contributed by atoms with Crippen LogP contribution in [0.25, 0.3) is 0 Å². The lowest BCUT2D eigenvalue weighted by Gasteiger charge is -2.15. The Kier molecular flexibility index (Phi) is 3.48. The lowest BCUT2D eigenvalue weighted by Crippen LogP contribution is -2.04. The first-order chi connectivity index (χ1) is 6.20. The molecule has 0 aliphatic carbocycles.